The molecule has 0 radical (unpaired) electrons. The first-order valence-corrected chi connectivity index (χ1v) is 33.0. The van der Waals surface area contributed by atoms with Gasteiger partial charge in [0.1, 0.15) is 6.61 Å². The second kappa shape index (κ2) is 24.4. The van der Waals surface area contributed by atoms with Crippen LogP contribution in [0.25, 0.3) is 106 Å². The number of nitrogens with zero attached hydrogens (tertiary/aromatic N) is 7. The fraction of sp³-hybridized carbons (Fsp3) is 0.0114. The molecule has 18 rings (SSSR count). The molecule has 460 valence electrons. The van der Waals surface area contributed by atoms with E-state index in [4.69, 9.17) is 24.7 Å². The summed E-state index contributed by atoms with van der Waals surface area (Å²) >= 11 is 0. The minimum atomic E-state index is -0.393. The van der Waals surface area contributed by atoms with Gasteiger partial charge in [-0.2, -0.15) is 0 Å². The number of rotatable bonds is 13. The van der Waals surface area contributed by atoms with Crippen molar-refractivity contribution < 1.29 is 9.53 Å². The average Bonchev–Trinajstić information content (AvgIpc) is 0.762. The lowest BCUT2D eigenvalue weighted by atomic mass is 9.33. The summed E-state index contributed by atoms with van der Waals surface area (Å²) in [6, 6.07) is 118. The molecule has 0 bridgehead atoms. The van der Waals surface area contributed by atoms with Crippen molar-refractivity contribution in [2.45, 2.75) is 6.61 Å². The van der Waals surface area contributed by atoms with E-state index >= 15 is 0 Å². The molecule has 0 aliphatic carbocycles. The van der Waals surface area contributed by atoms with Crippen LogP contribution in [0, 0.1) is 0 Å². The highest BCUT2D eigenvalue weighted by Gasteiger charge is 2.43. The van der Waals surface area contributed by atoms with Crippen molar-refractivity contribution in [3.05, 3.63) is 351 Å². The van der Waals surface area contributed by atoms with Crippen molar-refractivity contribution in [3.8, 4) is 84.6 Å². The minimum absolute atomic E-state index is 0.0528. The molecular formula is C88H58BN7O2. The molecule has 0 unspecified atom stereocenters. The molecule has 2 aliphatic heterocycles. The zero-order chi connectivity index (χ0) is 65.0. The summed E-state index contributed by atoms with van der Waals surface area (Å²) in [5.41, 5.74) is 25.4. The SMILES string of the molecule is O=C(OCc1ccccc1)c1ccc2c(c1)c1ccccc1n2-c1ccc(-c2cc(-c3ccccc3)nc(-c3ccccc3)n2)cc1-c1cc(-c2ccccc2)nc(-c2cccc(-c3ccc(N4c5ccccc5B5c6ccccc6N(c6ccccc6)c6cccc4c65)cc3)c2)n1. The summed E-state index contributed by atoms with van der Waals surface area (Å²) in [7, 11) is 0. The Bertz CT molecular complexity index is 5680. The van der Waals surface area contributed by atoms with Gasteiger partial charge in [-0.05, 0) is 136 Å². The van der Waals surface area contributed by atoms with Gasteiger partial charge in [0.05, 0.1) is 45.1 Å². The second-order valence-electron chi connectivity index (χ2n) is 24.8. The average molecular weight is 1260 g/mol. The number of benzene rings is 13. The zero-order valence-corrected chi connectivity index (χ0v) is 53.1. The predicted octanol–water partition coefficient (Wildman–Crippen LogP) is 19.5. The molecule has 13 aromatic carbocycles. The number of carbonyl (C=O) groups excluding carboxylic acids is 1. The fourth-order valence-electron chi connectivity index (χ4n) is 14.4. The molecule has 0 N–H and O–H groups in total. The van der Waals surface area contributed by atoms with Gasteiger partial charge in [-0.15, -0.1) is 0 Å². The van der Waals surface area contributed by atoms with E-state index in [-0.39, 0.29) is 13.3 Å². The maximum Gasteiger partial charge on any atom is 0.338 e. The molecule has 3 aromatic heterocycles. The summed E-state index contributed by atoms with van der Waals surface area (Å²) in [5.74, 6) is 0.789. The summed E-state index contributed by atoms with van der Waals surface area (Å²) in [4.78, 5) is 40.4. The molecule has 0 saturated heterocycles. The number of hydrogen-bond acceptors (Lipinski definition) is 8. The summed E-state index contributed by atoms with van der Waals surface area (Å²) in [6.07, 6.45) is 0. The van der Waals surface area contributed by atoms with Crippen LogP contribution in [0.5, 0.6) is 0 Å². The van der Waals surface area contributed by atoms with Crippen molar-refractivity contribution in [1.29, 1.82) is 0 Å². The number of anilines is 6. The topological polar surface area (TPSA) is 89.3 Å². The smallest absolute Gasteiger partial charge is 0.338 e. The van der Waals surface area contributed by atoms with Crippen molar-refractivity contribution in [2.24, 2.45) is 0 Å². The van der Waals surface area contributed by atoms with Crippen LogP contribution in [-0.4, -0.2) is 37.2 Å². The van der Waals surface area contributed by atoms with Crippen molar-refractivity contribution in [2.75, 3.05) is 9.80 Å². The van der Waals surface area contributed by atoms with Crippen molar-refractivity contribution in [3.63, 3.8) is 0 Å². The van der Waals surface area contributed by atoms with Crippen LogP contribution in [0.4, 0.5) is 34.1 Å². The number of ether oxygens (including phenoxy) is 1. The molecule has 0 atom stereocenters. The number of carbonyl (C=O) groups is 1. The van der Waals surface area contributed by atoms with Gasteiger partial charge in [-0.25, -0.2) is 24.7 Å². The third-order valence-electron chi connectivity index (χ3n) is 19.0. The first-order valence-electron chi connectivity index (χ1n) is 33.0. The number of esters is 1. The van der Waals surface area contributed by atoms with Crippen LogP contribution in [0.3, 0.4) is 0 Å². The monoisotopic (exact) mass is 1260 g/mol. The Labute approximate surface area is 567 Å². The molecule has 5 heterocycles. The van der Waals surface area contributed by atoms with Crippen LogP contribution in [0.1, 0.15) is 15.9 Å². The molecule has 9 nitrogen and oxygen atoms in total. The lowest BCUT2D eigenvalue weighted by Gasteiger charge is -2.44. The molecule has 2 aliphatic rings. The van der Waals surface area contributed by atoms with Gasteiger partial charge in [0, 0.05) is 78.3 Å². The normalized spacial score (nSPS) is 12.1. The van der Waals surface area contributed by atoms with E-state index in [9.17, 15) is 4.79 Å². The van der Waals surface area contributed by atoms with Gasteiger partial charge in [-0.1, -0.05) is 237 Å². The molecule has 0 saturated carbocycles. The minimum Gasteiger partial charge on any atom is -0.457 e. The van der Waals surface area contributed by atoms with E-state index in [2.05, 4.69) is 233 Å². The third kappa shape index (κ3) is 10.3. The van der Waals surface area contributed by atoms with E-state index in [0.717, 1.165) is 117 Å². The van der Waals surface area contributed by atoms with Gasteiger partial charge in [0.2, 0.25) is 0 Å². The second-order valence-corrected chi connectivity index (χ2v) is 24.8. The van der Waals surface area contributed by atoms with Crippen LogP contribution < -0.4 is 26.2 Å². The van der Waals surface area contributed by atoms with Crippen molar-refractivity contribution >= 4 is 85.0 Å². The van der Waals surface area contributed by atoms with Gasteiger partial charge in [0.15, 0.2) is 11.6 Å². The van der Waals surface area contributed by atoms with Crippen LogP contribution in [0.2, 0.25) is 0 Å². The molecule has 16 aromatic rings. The standard InChI is InChI=1S/C88H58BN7O2/c97-88(98-57-58-24-6-1-7-25-58)66-47-51-79-70(54-66)69-36-16-19-39-78(69)96(79)80-50-46-64(76-55-74(60-26-8-2-9-27-60)90-86(92-76)62-30-12-4-13-31-62)53-71(80)77-56-75(61-28-10-3-11-29-61)91-87(93-77)65-33-22-32-63(52-65)59-44-48-68(49-45-59)95-82-41-21-18-38-73(82)89-72-37-17-20-40-81(72)94(67-34-14-5-15-35-67)83-42-23-43-84(95)85(83)89/h1-56H,57H2. The Morgan fingerprint density at radius 2 is 0.806 bits per heavy atom. The highest BCUT2D eigenvalue weighted by molar-refractivity contribution is 7.00. The van der Waals surface area contributed by atoms with Gasteiger partial charge in [0.25, 0.3) is 6.71 Å². The Hall–Kier alpha value is -13.0. The molecule has 0 amide bonds. The molecule has 98 heavy (non-hydrogen) atoms. The van der Waals surface area contributed by atoms with E-state index < -0.39 is 5.97 Å². The Morgan fingerprint density at radius 1 is 0.327 bits per heavy atom. The molecule has 10 heteroatoms. The zero-order valence-electron chi connectivity index (χ0n) is 53.1. The Morgan fingerprint density at radius 3 is 1.47 bits per heavy atom. The molecule has 0 fully saturated rings. The number of aromatic nitrogens is 5. The van der Waals surface area contributed by atoms with Crippen molar-refractivity contribution in [1.82, 2.24) is 24.5 Å². The van der Waals surface area contributed by atoms with Gasteiger partial charge < -0.3 is 19.1 Å². The van der Waals surface area contributed by atoms with Gasteiger partial charge in [-0.3, -0.25) is 0 Å². The van der Waals surface area contributed by atoms with Gasteiger partial charge >= 0.3 is 5.97 Å². The largest absolute Gasteiger partial charge is 0.457 e. The third-order valence-corrected chi connectivity index (χ3v) is 19.0. The summed E-state index contributed by atoms with van der Waals surface area (Å²) < 4.78 is 8.19. The van der Waals surface area contributed by atoms with Crippen LogP contribution in [-0.2, 0) is 11.3 Å². The first kappa shape index (κ1) is 57.6. The number of hydrogen-bond donors (Lipinski definition) is 0. The van der Waals surface area contributed by atoms with Crippen LogP contribution >= 0.6 is 0 Å². The highest BCUT2D eigenvalue weighted by Crippen LogP contribution is 2.45. The first-order chi connectivity index (χ1) is 48.5. The fourth-order valence-corrected chi connectivity index (χ4v) is 14.4. The lowest BCUT2D eigenvalue weighted by molar-refractivity contribution is 0.0473. The maximum atomic E-state index is 13.9. The Balaban J connectivity index is 0.776. The van der Waals surface area contributed by atoms with E-state index in [1.165, 1.54) is 27.8 Å². The molecular weight excluding hydrogens is 1200 g/mol. The lowest BCUT2D eigenvalue weighted by Crippen LogP contribution is -2.61. The van der Waals surface area contributed by atoms with E-state index in [1.54, 1.807) is 0 Å². The number of fused-ring (bicyclic) bond motifs is 7. The quantitative estimate of drug-likeness (QED) is 0.0833. The van der Waals surface area contributed by atoms with Crippen LogP contribution in [0.15, 0.2) is 340 Å². The Kier molecular flexibility index (Phi) is 14.3. The number of para-hydroxylation sites is 4. The van der Waals surface area contributed by atoms with E-state index in [0.29, 0.717) is 22.9 Å². The maximum absolute atomic E-state index is 13.9. The predicted molar refractivity (Wildman–Crippen MR) is 400 cm³/mol. The molecule has 0 spiro atoms. The summed E-state index contributed by atoms with van der Waals surface area (Å²) in [6.45, 7) is 0.222. The highest BCUT2D eigenvalue weighted by atomic mass is 16.5. The van der Waals surface area contributed by atoms with E-state index in [1.807, 2.05) is 121 Å². The summed E-state index contributed by atoms with van der Waals surface area (Å²) in [5, 5.41) is 1.90.